The van der Waals surface area contributed by atoms with E-state index in [0.717, 1.165) is 41.5 Å². The van der Waals surface area contributed by atoms with Gasteiger partial charge in [-0.3, -0.25) is 28.8 Å². The van der Waals surface area contributed by atoms with E-state index in [0.29, 0.717) is 0 Å². The Labute approximate surface area is 194 Å². The zero-order valence-corrected chi connectivity index (χ0v) is 14.1. The van der Waals surface area contributed by atoms with Gasteiger partial charge in [0.25, 0.3) is 35.8 Å². The van der Waals surface area contributed by atoms with Gasteiger partial charge in [-0.25, -0.2) is 0 Å². The minimum atomic E-state index is -0.833. The summed E-state index contributed by atoms with van der Waals surface area (Å²) in [6.07, 6.45) is 0. The van der Waals surface area contributed by atoms with Crippen LogP contribution in [-0.2, 0) is 28.8 Å². The van der Waals surface area contributed by atoms with Crippen LogP contribution in [0.3, 0.4) is 0 Å². The summed E-state index contributed by atoms with van der Waals surface area (Å²) >= 11 is 0. The number of rotatable bonds is 0. The molecule has 0 radical (unpaired) electrons. The Hall–Kier alpha value is -1.18. The Bertz CT molecular complexity index is 265. The van der Waals surface area contributed by atoms with Crippen molar-refractivity contribution in [3.63, 3.8) is 0 Å². The van der Waals surface area contributed by atoms with Crippen LogP contribution in [0.5, 0.6) is 0 Å². The van der Waals surface area contributed by atoms with Gasteiger partial charge in [0.1, 0.15) is 0 Å². The van der Waals surface area contributed by atoms with Crippen molar-refractivity contribution in [2.45, 2.75) is 41.5 Å². The Morgan fingerprint density at radius 3 is 0.346 bits per heavy atom. The molecule has 0 saturated heterocycles. The second-order valence-corrected chi connectivity index (χ2v) is 3.11. The Morgan fingerprint density at radius 1 is 0.346 bits per heavy atom. The Balaban J connectivity index is -0.0000000245. The van der Waals surface area contributed by atoms with Gasteiger partial charge in [0.05, 0.1) is 0 Å². The third-order valence-corrected chi connectivity index (χ3v) is 0. The molecule has 0 aliphatic carbocycles. The summed E-state index contributed by atoms with van der Waals surface area (Å²) in [7, 11) is 0. The SMILES string of the molecule is CC(=O)O.CC(=O)O.CC(=O)O.CC(=O)O.CC(=O)O.CC(=O)O.[NaH].[NaH]. The molecule has 0 aromatic heterocycles. The van der Waals surface area contributed by atoms with Crippen LogP contribution >= 0.6 is 0 Å². The fourth-order valence-electron chi connectivity index (χ4n) is 0. The van der Waals surface area contributed by atoms with E-state index in [1.807, 2.05) is 0 Å². The van der Waals surface area contributed by atoms with E-state index in [1.54, 1.807) is 0 Å². The standard InChI is InChI=1S/6C2H4O2.2Na.2H/c6*1-2(3)4;;;;/h6*1H3,(H,3,4);;;;. The van der Waals surface area contributed by atoms with E-state index in [9.17, 15) is 0 Å². The molecule has 148 valence electrons. The summed E-state index contributed by atoms with van der Waals surface area (Å²) in [5.74, 6) is -5.00. The normalized spacial score (nSPS) is 5.77. The van der Waals surface area contributed by atoms with Gasteiger partial charge in [-0.2, -0.15) is 0 Å². The molecular formula is C12H26Na2O12. The molecule has 26 heavy (non-hydrogen) atoms. The molecule has 0 spiro atoms. The number of aliphatic carboxylic acids is 6. The van der Waals surface area contributed by atoms with E-state index in [2.05, 4.69) is 0 Å². The summed E-state index contributed by atoms with van der Waals surface area (Å²) in [5.41, 5.74) is 0. The number of carboxylic acids is 6. The van der Waals surface area contributed by atoms with E-state index in [-0.39, 0.29) is 59.1 Å². The number of carbonyl (C=O) groups is 6. The molecule has 12 nitrogen and oxygen atoms in total. The molecule has 0 heterocycles. The first-order chi connectivity index (χ1) is 10.4. The fraction of sp³-hybridized carbons (Fsp3) is 0.500. The first-order valence-corrected chi connectivity index (χ1v) is 5.57. The monoisotopic (exact) mass is 408 g/mol. The van der Waals surface area contributed by atoms with Crippen molar-refractivity contribution in [1.29, 1.82) is 0 Å². The van der Waals surface area contributed by atoms with Gasteiger partial charge in [0.2, 0.25) is 0 Å². The van der Waals surface area contributed by atoms with Crippen LogP contribution in [0.1, 0.15) is 41.5 Å². The van der Waals surface area contributed by atoms with Crippen LogP contribution < -0.4 is 0 Å². The van der Waals surface area contributed by atoms with Crippen LogP contribution in [0.2, 0.25) is 0 Å². The van der Waals surface area contributed by atoms with E-state index in [1.165, 1.54) is 0 Å². The van der Waals surface area contributed by atoms with Gasteiger partial charge in [-0.1, -0.05) is 0 Å². The molecule has 0 rings (SSSR count). The molecule has 14 heteroatoms. The maximum atomic E-state index is 9.00. The summed E-state index contributed by atoms with van der Waals surface area (Å²) in [4.78, 5) is 54.0. The molecule has 0 aromatic carbocycles. The number of hydrogen-bond donors (Lipinski definition) is 6. The average molecular weight is 408 g/mol. The van der Waals surface area contributed by atoms with E-state index in [4.69, 9.17) is 59.4 Å². The molecule has 0 atom stereocenters. The Morgan fingerprint density at radius 2 is 0.346 bits per heavy atom. The molecular weight excluding hydrogens is 382 g/mol. The van der Waals surface area contributed by atoms with Crippen molar-refractivity contribution in [3.8, 4) is 0 Å². The van der Waals surface area contributed by atoms with E-state index >= 15 is 0 Å². The van der Waals surface area contributed by atoms with Crippen LogP contribution in [0.15, 0.2) is 0 Å². The van der Waals surface area contributed by atoms with Gasteiger partial charge < -0.3 is 30.6 Å². The van der Waals surface area contributed by atoms with Crippen molar-refractivity contribution in [2.24, 2.45) is 0 Å². The quantitative estimate of drug-likeness (QED) is 0.272. The predicted molar refractivity (Wildman–Crippen MR) is 94.2 cm³/mol. The first kappa shape index (κ1) is 49.8. The van der Waals surface area contributed by atoms with Gasteiger partial charge in [0.15, 0.2) is 0 Å². The van der Waals surface area contributed by atoms with Crippen molar-refractivity contribution in [2.75, 3.05) is 0 Å². The molecule has 0 unspecified atom stereocenters. The topological polar surface area (TPSA) is 224 Å². The molecule has 0 aliphatic heterocycles. The molecule has 0 amide bonds. The summed E-state index contributed by atoms with van der Waals surface area (Å²) in [5, 5.41) is 44.5. The summed E-state index contributed by atoms with van der Waals surface area (Å²) < 4.78 is 0. The van der Waals surface area contributed by atoms with Crippen LogP contribution in [0, 0.1) is 0 Å². The van der Waals surface area contributed by atoms with Crippen LogP contribution in [0.4, 0.5) is 0 Å². The summed E-state index contributed by atoms with van der Waals surface area (Å²) in [6, 6.07) is 0. The molecule has 0 fully saturated rings. The maximum absolute atomic E-state index is 9.00. The predicted octanol–water partition coefficient (Wildman–Crippen LogP) is -0.752. The van der Waals surface area contributed by atoms with Crippen molar-refractivity contribution >= 4 is 94.9 Å². The Kier molecular flexibility index (Phi) is 83.9. The molecule has 0 bridgehead atoms. The molecule has 0 saturated carbocycles. The van der Waals surface area contributed by atoms with Gasteiger partial charge >= 0.3 is 59.1 Å². The second-order valence-electron chi connectivity index (χ2n) is 3.11. The third kappa shape index (κ3) is 7800. The molecule has 0 aliphatic rings. The molecule has 6 N–H and O–H groups in total. The zero-order valence-electron chi connectivity index (χ0n) is 14.1. The van der Waals surface area contributed by atoms with Gasteiger partial charge in [-0.05, 0) is 0 Å². The number of hydrogen-bond acceptors (Lipinski definition) is 6. The van der Waals surface area contributed by atoms with Gasteiger partial charge in [-0.15, -0.1) is 0 Å². The fourth-order valence-corrected chi connectivity index (χ4v) is 0. The second kappa shape index (κ2) is 43.8. The van der Waals surface area contributed by atoms with Crippen LogP contribution in [-0.4, -0.2) is 126 Å². The van der Waals surface area contributed by atoms with E-state index < -0.39 is 35.8 Å². The zero-order chi connectivity index (χ0) is 21.5. The van der Waals surface area contributed by atoms with Crippen molar-refractivity contribution in [1.82, 2.24) is 0 Å². The van der Waals surface area contributed by atoms with Gasteiger partial charge in [0, 0.05) is 41.5 Å². The minimum absolute atomic E-state index is 0. The average Bonchev–Trinajstić information content (AvgIpc) is 2.08. The van der Waals surface area contributed by atoms with Crippen molar-refractivity contribution < 1.29 is 59.4 Å². The number of carboxylic acid groups (broad SMARTS) is 6. The van der Waals surface area contributed by atoms with Crippen LogP contribution in [0.25, 0.3) is 0 Å². The first-order valence-electron chi connectivity index (χ1n) is 5.57. The molecule has 0 aromatic rings. The van der Waals surface area contributed by atoms with Crippen molar-refractivity contribution in [3.05, 3.63) is 0 Å². The summed E-state index contributed by atoms with van der Waals surface area (Å²) in [6.45, 7) is 6.50. The third-order valence-electron chi connectivity index (χ3n) is 0.